The molecule has 0 heterocycles. The highest BCUT2D eigenvalue weighted by Gasteiger charge is 2.11. The fraction of sp³-hybridized carbons (Fsp3) is 0.600. The van der Waals surface area contributed by atoms with Crippen molar-refractivity contribution in [3.63, 3.8) is 0 Å². The second kappa shape index (κ2) is 8.12. The van der Waals surface area contributed by atoms with Crippen LogP contribution in [0.1, 0.15) is 18.9 Å². The SMILES string of the molecule is CCCN(CCN(C)C)c1ccc(CNC)cc1F. The summed E-state index contributed by atoms with van der Waals surface area (Å²) in [4.78, 5) is 4.24. The Labute approximate surface area is 116 Å². The van der Waals surface area contributed by atoms with Gasteiger partial charge in [0.05, 0.1) is 5.69 Å². The van der Waals surface area contributed by atoms with Gasteiger partial charge in [-0.2, -0.15) is 0 Å². The van der Waals surface area contributed by atoms with Gasteiger partial charge in [-0.25, -0.2) is 4.39 Å². The molecule has 19 heavy (non-hydrogen) atoms. The number of rotatable bonds is 8. The fourth-order valence-electron chi connectivity index (χ4n) is 2.06. The lowest BCUT2D eigenvalue weighted by molar-refractivity contribution is 0.412. The molecule has 1 rings (SSSR count). The minimum absolute atomic E-state index is 0.125. The third kappa shape index (κ3) is 5.17. The van der Waals surface area contributed by atoms with Gasteiger partial charge < -0.3 is 15.1 Å². The van der Waals surface area contributed by atoms with E-state index in [1.54, 1.807) is 6.07 Å². The number of nitrogens with zero attached hydrogens (tertiary/aromatic N) is 2. The first kappa shape index (κ1) is 15.9. The Morgan fingerprint density at radius 2 is 1.89 bits per heavy atom. The predicted molar refractivity (Wildman–Crippen MR) is 80.2 cm³/mol. The summed E-state index contributed by atoms with van der Waals surface area (Å²) in [5.41, 5.74) is 1.69. The van der Waals surface area contributed by atoms with E-state index in [4.69, 9.17) is 0 Å². The molecule has 108 valence electrons. The van der Waals surface area contributed by atoms with Crippen molar-refractivity contribution in [3.05, 3.63) is 29.6 Å². The Balaban J connectivity index is 2.82. The largest absolute Gasteiger partial charge is 0.368 e. The van der Waals surface area contributed by atoms with Crippen LogP contribution >= 0.6 is 0 Å². The van der Waals surface area contributed by atoms with Crippen LogP contribution in [0.4, 0.5) is 10.1 Å². The second-order valence-corrected chi connectivity index (χ2v) is 5.11. The summed E-state index contributed by atoms with van der Waals surface area (Å²) in [7, 11) is 5.94. The van der Waals surface area contributed by atoms with Gasteiger partial charge in [0.15, 0.2) is 0 Å². The molecule has 0 bridgehead atoms. The first-order chi connectivity index (χ1) is 9.08. The van der Waals surface area contributed by atoms with Crippen LogP contribution in [0.3, 0.4) is 0 Å². The van der Waals surface area contributed by atoms with E-state index >= 15 is 0 Å². The van der Waals surface area contributed by atoms with Gasteiger partial charge in [0.2, 0.25) is 0 Å². The lowest BCUT2D eigenvalue weighted by Gasteiger charge is -2.26. The zero-order valence-corrected chi connectivity index (χ0v) is 12.5. The molecule has 0 amide bonds. The average Bonchev–Trinajstić information content (AvgIpc) is 2.35. The summed E-state index contributed by atoms with van der Waals surface area (Å²) in [6, 6.07) is 5.52. The molecule has 3 nitrogen and oxygen atoms in total. The molecule has 0 atom stereocenters. The zero-order chi connectivity index (χ0) is 14.3. The van der Waals surface area contributed by atoms with E-state index in [9.17, 15) is 4.39 Å². The Bertz CT molecular complexity index is 380. The molecular weight excluding hydrogens is 241 g/mol. The van der Waals surface area contributed by atoms with Crippen LogP contribution in [0.25, 0.3) is 0 Å². The quantitative estimate of drug-likeness (QED) is 0.780. The Hall–Kier alpha value is -1.13. The summed E-state index contributed by atoms with van der Waals surface area (Å²) in [5.74, 6) is -0.125. The van der Waals surface area contributed by atoms with Gasteiger partial charge in [-0.05, 0) is 45.3 Å². The standard InChI is InChI=1S/C15H26FN3/c1-5-8-19(10-9-18(3)4)15-7-6-13(12-17-2)11-14(15)16/h6-7,11,17H,5,8-10,12H2,1-4H3. The maximum atomic E-state index is 14.2. The van der Waals surface area contributed by atoms with Crippen molar-refractivity contribution >= 4 is 5.69 Å². The normalized spacial score (nSPS) is 11.1. The van der Waals surface area contributed by atoms with Crippen LogP contribution in [0.15, 0.2) is 18.2 Å². The fourth-order valence-corrected chi connectivity index (χ4v) is 2.06. The molecule has 0 aliphatic carbocycles. The van der Waals surface area contributed by atoms with Gasteiger partial charge in [0.1, 0.15) is 5.82 Å². The number of hydrogen-bond acceptors (Lipinski definition) is 3. The molecule has 1 aromatic rings. The molecule has 0 radical (unpaired) electrons. The van der Waals surface area contributed by atoms with Gasteiger partial charge in [-0.3, -0.25) is 0 Å². The van der Waals surface area contributed by atoms with Gasteiger partial charge in [0.25, 0.3) is 0 Å². The van der Waals surface area contributed by atoms with Crippen molar-refractivity contribution in [1.29, 1.82) is 0 Å². The lowest BCUT2D eigenvalue weighted by Crippen LogP contribution is -2.33. The molecule has 0 aliphatic rings. The van der Waals surface area contributed by atoms with E-state index in [2.05, 4.69) is 22.0 Å². The maximum absolute atomic E-state index is 14.2. The van der Waals surface area contributed by atoms with Crippen LogP contribution in [-0.2, 0) is 6.54 Å². The summed E-state index contributed by atoms with van der Waals surface area (Å²) < 4.78 is 14.2. The van der Waals surface area contributed by atoms with Crippen molar-refractivity contribution in [2.45, 2.75) is 19.9 Å². The van der Waals surface area contributed by atoms with E-state index in [0.717, 1.165) is 31.6 Å². The van der Waals surface area contributed by atoms with Gasteiger partial charge >= 0.3 is 0 Å². The van der Waals surface area contributed by atoms with Crippen LogP contribution < -0.4 is 10.2 Å². The van der Waals surface area contributed by atoms with E-state index < -0.39 is 0 Å². The number of halogens is 1. The minimum Gasteiger partial charge on any atom is -0.368 e. The Kier molecular flexibility index (Phi) is 6.81. The molecule has 0 saturated heterocycles. The van der Waals surface area contributed by atoms with Crippen molar-refractivity contribution in [2.24, 2.45) is 0 Å². The Morgan fingerprint density at radius 3 is 2.42 bits per heavy atom. The molecular formula is C15H26FN3. The van der Waals surface area contributed by atoms with Crippen LogP contribution in [0.5, 0.6) is 0 Å². The number of hydrogen-bond donors (Lipinski definition) is 1. The zero-order valence-electron chi connectivity index (χ0n) is 12.5. The van der Waals surface area contributed by atoms with E-state index in [1.807, 2.05) is 33.3 Å². The number of benzene rings is 1. The van der Waals surface area contributed by atoms with Crippen molar-refractivity contribution < 1.29 is 4.39 Å². The summed E-state index contributed by atoms with van der Waals surface area (Å²) in [5, 5.41) is 3.04. The Morgan fingerprint density at radius 1 is 1.16 bits per heavy atom. The summed E-state index contributed by atoms with van der Waals surface area (Å²) in [6.07, 6.45) is 1.02. The van der Waals surface area contributed by atoms with E-state index in [1.165, 1.54) is 0 Å². The van der Waals surface area contributed by atoms with Crippen molar-refractivity contribution in [3.8, 4) is 0 Å². The highest BCUT2D eigenvalue weighted by atomic mass is 19.1. The molecule has 0 spiro atoms. The lowest BCUT2D eigenvalue weighted by atomic mass is 10.1. The molecule has 0 unspecified atom stereocenters. The summed E-state index contributed by atoms with van der Waals surface area (Å²) >= 11 is 0. The van der Waals surface area contributed by atoms with Crippen molar-refractivity contribution in [1.82, 2.24) is 10.2 Å². The first-order valence-corrected chi connectivity index (χ1v) is 6.91. The number of anilines is 1. The van der Waals surface area contributed by atoms with E-state index in [-0.39, 0.29) is 5.82 Å². The third-order valence-corrected chi connectivity index (χ3v) is 3.04. The monoisotopic (exact) mass is 267 g/mol. The second-order valence-electron chi connectivity index (χ2n) is 5.11. The molecule has 1 aromatic carbocycles. The van der Waals surface area contributed by atoms with Gasteiger partial charge in [0, 0.05) is 26.2 Å². The first-order valence-electron chi connectivity index (χ1n) is 6.91. The highest BCUT2D eigenvalue weighted by Crippen LogP contribution is 2.21. The summed E-state index contributed by atoms with van der Waals surface area (Å²) in [6.45, 7) is 5.48. The third-order valence-electron chi connectivity index (χ3n) is 3.04. The van der Waals surface area contributed by atoms with E-state index in [0.29, 0.717) is 12.2 Å². The van der Waals surface area contributed by atoms with Gasteiger partial charge in [-0.15, -0.1) is 0 Å². The molecule has 4 heteroatoms. The number of nitrogens with one attached hydrogen (secondary N) is 1. The molecule has 1 N–H and O–H groups in total. The smallest absolute Gasteiger partial charge is 0.146 e. The van der Waals surface area contributed by atoms with Crippen LogP contribution in [-0.4, -0.2) is 45.7 Å². The average molecular weight is 267 g/mol. The highest BCUT2D eigenvalue weighted by molar-refractivity contribution is 5.49. The maximum Gasteiger partial charge on any atom is 0.146 e. The molecule has 0 aliphatic heterocycles. The topological polar surface area (TPSA) is 18.5 Å². The molecule has 0 saturated carbocycles. The minimum atomic E-state index is -0.125. The predicted octanol–water partition coefficient (Wildman–Crippen LogP) is 2.32. The number of likely N-dealkylation sites (N-methyl/N-ethyl adjacent to an activating group) is 1. The molecule has 0 aromatic heterocycles. The van der Waals surface area contributed by atoms with Crippen LogP contribution in [0, 0.1) is 5.82 Å². The van der Waals surface area contributed by atoms with Crippen molar-refractivity contribution in [2.75, 3.05) is 45.7 Å². The van der Waals surface area contributed by atoms with Gasteiger partial charge in [-0.1, -0.05) is 13.0 Å². The van der Waals surface area contributed by atoms with Crippen LogP contribution in [0.2, 0.25) is 0 Å². The molecule has 0 fully saturated rings.